The minimum absolute atomic E-state index is 0.121. The van der Waals surface area contributed by atoms with Crippen LogP contribution in [0.15, 0.2) is 36.4 Å². The van der Waals surface area contributed by atoms with Crippen LogP contribution >= 0.6 is 0 Å². The number of hydrogen-bond donors (Lipinski definition) is 0. The van der Waals surface area contributed by atoms with E-state index < -0.39 is 0 Å². The van der Waals surface area contributed by atoms with Crippen LogP contribution in [0.5, 0.6) is 17.2 Å². The fraction of sp³-hybridized carbons (Fsp3) is 0.333. The summed E-state index contributed by atoms with van der Waals surface area (Å²) in [5, 5.41) is 8.96. The molecular weight excluding hydrogens is 344 g/mol. The SMILES string of the molecule is CCN(C(=O)c1cc(OC)c2c(c1)OCCO2)[C@@H](C)c1ccc(C#N)cc1. The highest BCUT2D eigenvalue weighted by molar-refractivity contribution is 5.96. The summed E-state index contributed by atoms with van der Waals surface area (Å²) < 4.78 is 16.6. The van der Waals surface area contributed by atoms with Crippen molar-refractivity contribution < 1.29 is 19.0 Å². The maximum absolute atomic E-state index is 13.2. The first kappa shape index (κ1) is 18.6. The van der Waals surface area contributed by atoms with Crippen LogP contribution < -0.4 is 14.2 Å². The monoisotopic (exact) mass is 366 g/mol. The van der Waals surface area contributed by atoms with E-state index in [2.05, 4.69) is 6.07 Å². The third-order valence-electron chi connectivity index (χ3n) is 4.67. The number of nitrogens with zero attached hydrogens (tertiary/aromatic N) is 2. The molecule has 140 valence electrons. The second-order valence-electron chi connectivity index (χ2n) is 6.20. The van der Waals surface area contributed by atoms with Crippen LogP contribution in [0.2, 0.25) is 0 Å². The van der Waals surface area contributed by atoms with Crippen molar-refractivity contribution in [3.63, 3.8) is 0 Å². The molecule has 1 amide bonds. The molecular formula is C21H22N2O4. The van der Waals surface area contributed by atoms with Gasteiger partial charge in [-0.3, -0.25) is 4.79 Å². The van der Waals surface area contributed by atoms with Gasteiger partial charge in [0.25, 0.3) is 5.91 Å². The Labute approximate surface area is 158 Å². The molecule has 1 atom stereocenters. The highest BCUT2D eigenvalue weighted by Crippen LogP contribution is 2.41. The predicted molar refractivity (Wildman–Crippen MR) is 100 cm³/mol. The van der Waals surface area contributed by atoms with Crippen LogP contribution in [-0.2, 0) is 0 Å². The number of rotatable bonds is 5. The topological polar surface area (TPSA) is 71.8 Å². The van der Waals surface area contributed by atoms with Crippen LogP contribution in [-0.4, -0.2) is 37.7 Å². The summed E-state index contributed by atoms with van der Waals surface area (Å²) in [6, 6.07) is 12.6. The molecule has 2 aromatic rings. The molecule has 1 aliphatic heterocycles. The normalized spacial score (nSPS) is 13.4. The minimum atomic E-state index is -0.144. The zero-order valence-electron chi connectivity index (χ0n) is 15.7. The van der Waals surface area contributed by atoms with Crippen LogP contribution in [0.25, 0.3) is 0 Å². The number of carbonyl (C=O) groups is 1. The average Bonchev–Trinajstić information content (AvgIpc) is 2.73. The Morgan fingerprint density at radius 3 is 2.59 bits per heavy atom. The summed E-state index contributed by atoms with van der Waals surface area (Å²) in [7, 11) is 1.54. The Hall–Kier alpha value is -3.20. The summed E-state index contributed by atoms with van der Waals surface area (Å²) in [6.07, 6.45) is 0. The van der Waals surface area contributed by atoms with E-state index in [1.807, 2.05) is 26.0 Å². The lowest BCUT2D eigenvalue weighted by molar-refractivity contribution is 0.0700. The fourth-order valence-corrected chi connectivity index (χ4v) is 3.17. The summed E-state index contributed by atoms with van der Waals surface area (Å²) in [6.45, 7) is 5.34. The fourth-order valence-electron chi connectivity index (χ4n) is 3.17. The zero-order valence-corrected chi connectivity index (χ0v) is 15.7. The largest absolute Gasteiger partial charge is 0.493 e. The number of fused-ring (bicyclic) bond motifs is 1. The van der Waals surface area contributed by atoms with Crippen molar-refractivity contribution in [3.05, 3.63) is 53.1 Å². The maximum Gasteiger partial charge on any atom is 0.254 e. The second-order valence-corrected chi connectivity index (χ2v) is 6.20. The van der Waals surface area contributed by atoms with Gasteiger partial charge in [0.1, 0.15) is 13.2 Å². The molecule has 0 spiro atoms. The van der Waals surface area contributed by atoms with E-state index in [1.165, 1.54) is 0 Å². The van der Waals surface area contributed by atoms with Crippen molar-refractivity contribution in [2.24, 2.45) is 0 Å². The van der Waals surface area contributed by atoms with Gasteiger partial charge in [-0.05, 0) is 43.7 Å². The first-order valence-corrected chi connectivity index (χ1v) is 8.87. The molecule has 1 aliphatic rings. The molecule has 27 heavy (non-hydrogen) atoms. The average molecular weight is 366 g/mol. The molecule has 2 aromatic carbocycles. The van der Waals surface area contributed by atoms with E-state index >= 15 is 0 Å². The van der Waals surface area contributed by atoms with Crippen molar-refractivity contribution in [2.75, 3.05) is 26.9 Å². The Bertz CT molecular complexity index is 854. The van der Waals surface area contributed by atoms with Crippen LogP contribution in [0.4, 0.5) is 0 Å². The first-order chi connectivity index (χ1) is 13.1. The van der Waals surface area contributed by atoms with Crippen molar-refractivity contribution in [3.8, 4) is 23.3 Å². The maximum atomic E-state index is 13.2. The number of nitriles is 1. The van der Waals surface area contributed by atoms with E-state index in [1.54, 1.807) is 36.3 Å². The molecule has 0 radical (unpaired) electrons. The Morgan fingerprint density at radius 2 is 1.96 bits per heavy atom. The summed E-state index contributed by atoms with van der Waals surface area (Å²) in [5.41, 5.74) is 2.05. The third-order valence-corrected chi connectivity index (χ3v) is 4.67. The molecule has 0 unspecified atom stereocenters. The molecule has 0 saturated heterocycles. The van der Waals surface area contributed by atoms with E-state index in [0.717, 1.165) is 5.56 Å². The molecule has 6 heteroatoms. The van der Waals surface area contributed by atoms with E-state index in [0.29, 0.717) is 48.1 Å². The zero-order chi connectivity index (χ0) is 19.4. The molecule has 0 N–H and O–H groups in total. The smallest absolute Gasteiger partial charge is 0.254 e. The number of benzene rings is 2. The highest BCUT2D eigenvalue weighted by Gasteiger charge is 2.26. The van der Waals surface area contributed by atoms with Gasteiger partial charge in [-0.25, -0.2) is 0 Å². The second kappa shape index (κ2) is 8.00. The van der Waals surface area contributed by atoms with Crippen molar-refractivity contribution in [1.82, 2.24) is 4.90 Å². The summed E-state index contributed by atoms with van der Waals surface area (Å²) in [4.78, 5) is 15.0. The number of carbonyl (C=O) groups excluding carboxylic acids is 1. The molecule has 0 aromatic heterocycles. The third kappa shape index (κ3) is 3.68. The Morgan fingerprint density at radius 1 is 1.26 bits per heavy atom. The van der Waals surface area contributed by atoms with Gasteiger partial charge in [0.2, 0.25) is 5.75 Å². The lowest BCUT2D eigenvalue weighted by atomic mass is 10.0. The van der Waals surface area contributed by atoms with Gasteiger partial charge in [-0.2, -0.15) is 5.26 Å². The molecule has 0 saturated carbocycles. The van der Waals surface area contributed by atoms with Crippen LogP contribution in [0.3, 0.4) is 0 Å². The quantitative estimate of drug-likeness (QED) is 0.809. The van der Waals surface area contributed by atoms with Crippen molar-refractivity contribution in [1.29, 1.82) is 5.26 Å². The number of ether oxygens (including phenoxy) is 3. The van der Waals surface area contributed by atoms with Crippen LogP contribution in [0, 0.1) is 11.3 Å². The van der Waals surface area contributed by atoms with Gasteiger partial charge >= 0.3 is 0 Å². The van der Waals surface area contributed by atoms with E-state index in [-0.39, 0.29) is 11.9 Å². The van der Waals surface area contributed by atoms with Crippen molar-refractivity contribution in [2.45, 2.75) is 19.9 Å². The van der Waals surface area contributed by atoms with E-state index in [9.17, 15) is 4.79 Å². The van der Waals surface area contributed by atoms with E-state index in [4.69, 9.17) is 19.5 Å². The van der Waals surface area contributed by atoms with Gasteiger partial charge in [-0.1, -0.05) is 12.1 Å². The molecule has 0 fully saturated rings. The van der Waals surface area contributed by atoms with Gasteiger partial charge in [-0.15, -0.1) is 0 Å². The standard InChI is InChI=1S/C21H22N2O4/c1-4-23(14(2)16-7-5-15(13-22)6-8-16)21(24)17-11-18(25-3)20-19(12-17)26-9-10-27-20/h5-8,11-12,14H,4,9-10H2,1-3H3/t14-/m0/s1. The van der Waals surface area contributed by atoms with Crippen molar-refractivity contribution >= 4 is 5.91 Å². The highest BCUT2D eigenvalue weighted by atomic mass is 16.6. The summed E-state index contributed by atoms with van der Waals surface area (Å²) >= 11 is 0. The molecule has 1 heterocycles. The molecule has 6 nitrogen and oxygen atoms in total. The Kier molecular flexibility index (Phi) is 5.51. The lowest BCUT2D eigenvalue weighted by Crippen LogP contribution is -2.33. The summed E-state index contributed by atoms with van der Waals surface area (Å²) in [5.74, 6) is 1.41. The first-order valence-electron chi connectivity index (χ1n) is 8.87. The van der Waals surface area contributed by atoms with Gasteiger partial charge < -0.3 is 19.1 Å². The minimum Gasteiger partial charge on any atom is -0.493 e. The predicted octanol–water partition coefficient (Wildman–Crippen LogP) is 3.56. The number of methoxy groups -OCH3 is 1. The lowest BCUT2D eigenvalue weighted by Gasteiger charge is -2.29. The molecule has 0 aliphatic carbocycles. The van der Waals surface area contributed by atoms with Gasteiger partial charge in [0.05, 0.1) is 24.8 Å². The van der Waals surface area contributed by atoms with Gasteiger partial charge in [0, 0.05) is 12.1 Å². The molecule has 0 bridgehead atoms. The molecule has 3 rings (SSSR count). The number of hydrogen-bond acceptors (Lipinski definition) is 5. The van der Waals surface area contributed by atoms with Gasteiger partial charge in [0.15, 0.2) is 11.5 Å². The Balaban J connectivity index is 1.91. The van der Waals surface area contributed by atoms with Crippen LogP contribution in [0.1, 0.15) is 41.4 Å². The number of amides is 1.